The second kappa shape index (κ2) is 72.9. The lowest BCUT2D eigenvalue weighted by Crippen LogP contribution is -2.27. The Labute approximate surface area is 473 Å². The normalized spacial score (nSPS) is 11.7. The van der Waals surface area contributed by atoms with Crippen molar-refractivity contribution in [1.29, 1.82) is 0 Å². The zero-order valence-corrected chi connectivity index (χ0v) is 53.6. The van der Waals surface area contributed by atoms with E-state index in [4.69, 9.17) is 0 Å². The second-order valence-electron chi connectivity index (χ2n) is 24.8. The summed E-state index contributed by atoms with van der Waals surface area (Å²) in [5.41, 5.74) is 0. The highest BCUT2D eigenvalue weighted by Crippen LogP contribution is 2.18. The molecule has 0 spiro atoms. The maximum atomic E-state index is 2.85. The first-order chi connectivity index (χ1) is 36.7. The predicted octanol–water partition coefficient (Wildman–Crippen LogP) is 26.1. The van der Waals surface area contributed by atoms with Gasteiger partial charge in [0.25, 0.3) is 0 Å². The fraction of sp³-hybridized carbons (Fsp3) is 1.00. The maximum Gasteiger partial charge on any atom is -0.00187 e. The van der Waals surface area contributed by atoms with Gasteiger partial charge in [-0.1, -0.05) is 388 Å². The first kappa shape index (κ1) is 76.0. The summed E-state index contributed by atoms with van der Waals surface area (Å²) in [7, 11) is 0. The van der Waals surface area contributed by atoms with E-state index < -0.39 is 0 Å². The third kappa shape index (κ3) is 69.9. The van der Waals surface area contributed by atoms with E-state index in [1.165, 1.54) is 425 Å². The number of nitrogens with zero attached hydrogens (tertiary/aromatic N) is 2. The lowest BCUT2D eigenvalue weighted by molar-refractivity contribution is 0.254. The summed E-state index contributed by atoms with van der Waals surface area (Å²) >= 11 is 0. The molecule has 448 valence electrons. The molecule has 2 nitrogen and oxygen atoms in total. The zero-order valence-electron chi connectivity index (χ0n) is 53.6. The monoisotopic (exact) mass is 1040 g/mol. The predicted molar refractivity (Wildman–Crippen MR) is 344 cm³/mol. The van der Waals surface area contributed by atoms with Crippen LogP contribution in [0, 0.1) is 0 Å². The Morgan fingerprint density at radius 2 is 0.189 bits per heavy atom. The van der Waals surface area contributed by atoms with Gasteiger partial charge in [-0.3, -0.25) is 0 Å². The minimum absolute atomic E-state index is 1.37. The summed E-state index contributed by atoms with van der Waals surface area (Å²) in [5, 5.41) is 0. The smallest absolute Gasteiger partial charge is 0.00187 e. The SMILES string of the molecule is CCCCCCCCCCCCN(CCCCCCCCCCCC)CCCCCCCCCCCC.CCCCCCCCCCCCN(CCCCCCCCCCCC)CCCCCCCCCCCC. The lowest BCUT2D eigenvalue weighted by atomic mass is 10.1. The van der Waals surface area contributed by atoms with Crippen molar-refractivity contribution in [3.05, 3.63) is 0 Å². The average Bonchev–Trinajstić information content (AvgIpc) is 3.41. The number of hydrogen-bond donors (Lipinski definition) is 0. The van der Waals surface area contributed by atoms with Gasteiger partial charge in [0, 0.05) is 0 Å². The topological polar surface area (TPSA) is 6.48 Å². The Morgan fingerprint density at radius 1 is 0.108 bits per heavy atom. The zero-order chi connectivity index (χ0) is 53.8. The average molecular weight is 1040 g/mol. The molecule has 0 atom stereocenters. The van der Waals surface area contributed by atoms with E-state index in [2.05, 4.69) is 51.3 Å². The molecule has 0 fully saturated rings. The van der Waals surface area contributed by atoms with Crippen LogP contribution in [0.3, 0.4) is 0 Å². The largest absolute Gasteiger partial charge is 0.303 e. The van der Waals surface area contributed by atoms with Crippen molar-refractivity contribution < 1.29 is 0 Å². The van der Waals surface area contributed by atoms with Gasteiger partial charge >= 0.3 is 0 Å². The van der Waals surface area contributed by atoms with E-state index in [-0.39, 0.29) is 0 Å². The molecule has 0 aliphatic heterocycles. The van der Waals surface area contributed by atoms with Gasteiger partial charge in [-0.2, -0.15) is 0 Å². The summed E-state index contributed by atoms with van der Waals surface area (Å²) in [5.74, 6) is 0. The van der Waals surface area contributed by atoms with Gasteiger partial charge < -0.3 is 9.80 Å². The summed E-state index contributed by atoms with van der Waals surface area (Å²) in [6.07, 6.45) is 87.2. The van der Waals surface area contributed by atoms with Gasteiger partial charge in [-0.25, -0.2) is 0 Å². The van der Waals surface area contributed by atoms with Crippen LogP contribution in [0.15, 0.2) is 0 Å². The van der Waals surface area contributed by atoms with E-state index in [1.807, 2.05) is 0 Å². The highest BCUT2D eigenvalue weighted by atomic mass is 15.1. The molecule has 0 heterocycles. The van der Waals surface area contributed by atoms with Crippen molar-refractivity contribution in [3.8, 4) is 0 Å². The van der Waals surface area contributed by atoms with Crippen molar-refractivity contribution >= 4 is 0 Å². The fourth-order valence-electron chi connectivity index (χ4n) is 11.6. The minimum atomic E-state index is 1.37. The third-order valence-electron chi connectivity index (χ3n) is 17.0. The van der Waals surface area contributed by atoms with E-state index in [9.17, 15) is 0 Å². The van der Waals surface area contributed by atoms with Crippen LogP contribution in [0.2, 0.25) is 0 Å². The standard InChI is InChI=1S/2C36H75N/c2*1-4-7-10-13-16-19-22-25-28-31-34-37(35-32-29-26-23-20-17-14-11-8-5-2)36-33-30-27-24-21-18-15-12-9-6-3/h2*4-36H2,1-3H3. The second-order valence-corrected chi connectivity index (χ2v) is 24.8. The molecule has 0 saturated carbocycles. The highest BCUT2D eigenvalue weighted by molar-refractivity contribution is 4.63. The minimum Gasteiger partial charge on any atom is -0.303 e. The molecule has 0 aromatic carbocycles. The molecule has 0 aliphatic rings. The van der Waals surface area contributed by atoms with E-state index >= 15 is 0 Å². The Kier molecular flexibility index (Phi) is 74.9. The van der Waals surface area contributed by atoms with Gasteiger partial charge in [-0.15, -0.1) is 0 Å². The van der Waals surface area contributed by atoms with Crippen LogP contribution >= 0.6 is 0 Å². The van der Waals surface area contributed by atoms with Crippen LogP contribution in [-0.4, -0.2) is 49.1 Å². The molecule has 0 N–H and O–H groups in total. The Morgan fingerprint density at radius 3 is 0.284 bits per heavy atom. The van der Waals surface area contributed by atoms with Gasteiger partial charge in [0.15, 0.2) is 0 Å². The van der Waals surface area contributed by atoms with Crippen LogP contribution in [0.25, 0.3) is 0 Å². The van der Waals surface area contributed by atoms with Crippen molar-refractivity contribution in [2.45, 2.75) is 427 Å². The Balaban J connectivity index is 0. The van der Waals surface area contributed by atoms with Gasteiger partial charge in [-0.05, 0) is 77.8 Å². The molecule has 0 amide bonds. The third-order valence-corrected chi connectivity index (χ3v) is 17.0. The number of hydrogen-bond acceptors (Lipinski definition) is 2. The first-order valence-electron chi connectivity index (χ1n) is 36.1. The Bertz CT molecular complexity index is 716. The van der Waals surface area contributed by atoms with E-state index in [0.29, 0.717) is 0 Å². The molecule has 0 radical (unpaired) electrons. The molecule has 0 aromatic rings. The summed E-state index contributed by atoms with van der Waals surface area (Å²) in [6.45, 7) is 22.1. The van der Waals surface area contributed by atoms with E-state index in [1.54, 1.807) is 0 Å². The molecule has 0 rings (SSSR count). The maximum absolute atomic E-state index is 2.85. The first-order valence-corrected chi connectivity index (χ1v) is 36.1. The Hall–Kier alpha value is -0.0800. The molecule has 2 heteroatoms. The summed E-state index contributed by atoms with van der Waals surface area (Å²) < 4.78 is 0. The summed E-state index contributed by atoms with van der Waals surface area (Å²) in [4.78, 5) is 5.69. The van der Waals surface area contributed by atoms with Gasteiger partial charge in [0.05, 0.1) is 0 Å². The molecule has 0 aromatic heterocycles. The van der Waals surface area contributed by atoms with Crippen molar-refractivity contribution in [2.75, 3.05) is 39.3 Å². The summed E-state index contributed by atoms with van der Waals surface area (Å²) in [6, 6.07) is 0. The van der Waals surface area contributed by atoms with Crippen LogP contribution in [0.5, 0.6) is 0 Å². The van der Waals surface area contributed by atoms with Gasteiger partial charge in [0.2, 0.25) is 0 Å². The van der Waals surface area contributed by atoms with E-state index in [0.717, 1.165) is 0 Å². The quantitative estimate of drug-likeness (QED) is 0.0560. The van der Waals surface area contributed by atoms with Crippen LogP contribution < -0.4 is 0 Å². The molecule has 0 aliphatic carbocycles. The molecule has 0 bridgehead atoms. The molecular weight excluding hydrogens is 893 g/mol. The fourth-order valence-corrected chi connectivity index (χ4v) is 11.6. The van der Waals surface area contributed by atoms with Gasteiger partial charge in [0.1, 0.15) is 0 Å². The molecule has 74 heavy (non-hydrogen) atoms. The van der Waals surface area contributed by atoms with Crippen LogP contribution in [0.1, 0.15) is 427 Å². The number of unbranched alkanes of at least 4 members (excludes halogenated alkanes) is 54. The highest BCUT2D eigenvalue weighted by Gasteiger charge is 2.07. The van der Waals surface area contributed by atoms with Crippen molar-refractivity contribution in [3.63, 3.8) is 0 Å². The van der Waals surface area contributed by atoms with Crippen molar-refractivity contribution in [2.24, 2.45) is 0 Å². The van der Waals surface area contributed by atoms with Crippen LogP contribution in [0.4, 0.5) is 0 Å². The lowest BCUT2D eigenvalue weighted by Gasteiger charge is -2.22. The number of rotatable bonds is 66. The molecule has 0 unspecified atom stereocenters. The van der Waals surface area contributed by atoms with Crippen LogP contribution in [-0.2, 0) is 0 Å². The van der Waals surface area contributed by atoms with Crippen molar-refractivity contribution in [1.82, 2.24) is 9.80 Å². The molecular formula is C72H150N2. The molecule has 0 saturated heterocycles.